The fraction of sp³-hybridized carbons (Fsp3) is 0.846. The molecule has 1 heteroatoms. The van der Waals surface area contributed by atoms with Crippen molar-refractivity contribution in [3.63, 3.8) is 0 Å². The van der Waals surface area contributed by atoms with Gasteiger partial charge in [0.2, 0.25) is 0 Å². The number of hydrogen-bond donors (Lipinski definition) is 1. The van der Waals surface area contributed by atoms with Crippen molar-refractivity contribution in [3.05, 3.63) is 11.6 Å². The summed E-state index contributed by atoms with van der Waals surface area (Å²) in [7, 11) is 0. The van der Waals surface area contributed by atoms with Gasteiger partial charge in [-0.1, -0.05) is 25.5 Å². The molecule has 1 nitrogen and oxygen atoms in total. The number of rotatable bonds is 3. The molecule has 0 aliphatic heterocycles. The van der Waals surface area contributed by atoms with Crippen LogP contribution in [0.2, 0.25) is 0 Å². The van der Waals surface area contributed by atoms with Crippen molar-refractivity contribution >= 4 is 0 Å². The summed E-state index contributed by atoms with van der Waals surface area (Å²) in [5.41, 5.74) is 7.18. The molecule has 1 saturated carbocycles. The molecular weight excluding hydrogens is 170 g/mol. The van der Waals surface area contributed by atoms with Crippen LogP contribution in [0.25, 0.3) is 0 Å². The first-order chi connectivity index (χ1) is 6.74. The summed E-state index contributed by atoms with van der Waals surface area (Å²) in [4.78, 5) is 0. The predicted octanol–water partition coefficient (Wildman–Crippen LogP) is 3.50. The van der Waals surface area contributed by atoms with E-state index in [2.05, 4.69) is 19.9 Å². The van der Waals surface area contributed by atoms with E-state index in [-0.39, 0.29) is 0 Å². The summed E-state index contributed by atoms with van der Waals surface area (Å²) in [6.07, 6.45) is 10.3. The summed E-state index contributed by atoms with van der Waals surface area (Å²) >= 11 is 0. The molecule has 0 amide bonds. The molecule has 1 unspecified atom stereocenters. The average Bonchev–Trinajstić information content (AvgIpc) is 2.39. The molecule has 0 bridgehead atoms. The smallest absolute Gasteiger partial charge is 0.00425 e. The fourth-order valence-electron chi connectivity index (χ4n) is 2.39. The van der Waals surface area contributed by atoms with Crippen LogP contribution in [0.1, 0.15) is 52.4 Å². The lowest BCUT2D eigenvalue weighted by Crippen LogP contribution is -2.06. The van der Waals surface area contributed by atoms with E-state index in [1.165, 1.54) is 32.1 Å². The maximum absolute atomic E-state index is 5.52. The molecule has 0 saturated heterocycles. The van der Waals surface area contributed by atoms with Gasteiger partial charge in [0, 0.05) is 0 Å². The topological polar surface area (TPSA) is 26.0 Å². The first-order valence-corrected chi connectivity index (χ1v) is 6.12. The van der Waals surface area contributed by atoms with Crippen LogP contribution in [-0.4, -0.2) is 6.54 Å². The van der Waals surface area contributed by atoms with E-state index < -0.39 is 0 Å². The number of nitrogens with two attached hydrogens (primary N) is 1. The third-order valence-electron chi connectivity index (χ3n) is 3.45. The van der Waals surface area contributed by atoms with Crippen LogP contribution in [0.3, 0.4) is 0 Å². The second kappa shape index (κ2) is 6.23. The van der Waals surface area contributed by atoms with Crippen LogP contribution in [-0.2, 0) is 0 Å². The van der Waals surface area contributed by atoms with Crippen LogP contribution in [0.5, 0.6) is 0 Å². The van der Waals surface area contributed by atoms with Crippen LogP contribution in [0.4, 0.5) is 0 Å². The summed E-state index contributed by atoms with van der Waals surface area (Å²) in [6.45, 7) is 5.52. The Morgan fingerprint density at radius 3 is 2.79 bits per heavy atom. The Balaban J connectivity index is 2.40. The van der Waals surface area contributed by atoms with Crippen LogP contribution < -0.4 is 5.73 Å². The first kappa shape index (κ1) is 11.8. The molecule has 1 aliphatic rings. The Kier molecular flexibility index (Phi) is 5.24. The Bertz CT molecular complexity index is 182. The van der Waals surface area contributed by atoms with E-state index in [9.17, 15) is 0 Å². The maximum Gasteiger partial charge on any atom is -0.00425 e. The SMILES string of the molecule is CC(C)C1CCCC(=CCCN)CC1. The molecule has 0 spiro atoms. The molecule has 1 fully saturated rings. The maximum atomic E-state index is 5.52. The molecule has 1 aliphatic carbocycles. The van der Waals surface area contributed by atoms with Crippen molar-refractivity contribution in [2.75, 3.05) is 6.54 Å². The highest BCUT2D eigenvalue weighted by Gasteiger charge is 2.16. The van der Waals surface area contributed by atoms with Gasteiger partial charge < -0.3 is 5.73 Å². The Morgan fingerprint density at radius 2 is 2.14 bits per heavy atom. The largest absolute Gasteiger partial charge is 0.330 e. The van der Waals surface area contributed by atoms with Gasteiger partial charge in [-0.05, 0) is 56.9 Å². The molecular formula is C13H25N. The van der Waals surface area contributed by atoms with Crippen molar-refractivity contribution < 1.29 is 0 Å². The summed E-state index contributed by atoms with van der Waals surface area (Å²) in [6, 6.07) is 0. The normalized spacial score (nSPS) is 26.9. The van der Waals surface area contributed by atoms with E-state index in [0.717, 1.165) is 24.8 Å². The molecule has 0 aromatic rings. The molecule has 1 rings (SSSR count). The minimum Gasteiger partial charge on any atom is -0.330 e. The van der Waals surface area contributed by atoms with Crippen LogP contribution in [0, 0.1) is 11.8 Å². The second-order valence-corrected chi connectivity index (χ2v) is 4.87. The highest BCUT2D eigenvalue weighted by atomic mass is 14.5. The highest BCUT2D eigenvalue weighted by molar-refractivity contribution is 5.04. The summed E-state index contributed by atoms with van der Waals surface area (Å²) in [5.74, 6) is 1.82. The van der Waals surface area contributed by atoms with Gasteiger partial charge in [0.1, 0.15) is 0 Å². The molecule has 14 heavy (non-hydrogen) atoms. The van der Waals surface area contributed by atoms with Gasteiger partial charge in [-0.15, -0.1) is 0 Å². The summed E-state index contributed by atoms with van der Waals surface area (Å²) in [5, 5.41) is 0. The standard InChI is InChI=1S/C13H25N/c1-11(2)13-7-3-5-12(8-9-13)6-4-10-14/h6,11,13H,3-5,7-10,14H2,1-2H3. The van der Waals surface area contributed by atoms with Gasteiger partial charge in [-0.3, -0.25) is 0 Å². The van der Waals surface area contributed by atoms with Crippen molar-refractivity contribution in [3.8, 4) is 0 Å². The fourth-order valence-corrected chi connectivity index (χ4v) is 2.39. The number of allylic oxidation sites excluding steroid dienone is 1. The van der Waals surface area contributed by atoms with Crippen molar-refractivity contribution in [1.29, 1.82) is 0 Å². The molecule has 0 aromatic heterocycles. The molecule has 0 radical (unpaired) electrons. The van der Waals surface area contributed by atoms with Gasteiger partial charge in [0.05, 0.1) is 0 Å². The van der Waals surface area contributed by atoms with Crippen LogP contribution in [0.15, 0.2) is 11.6 Å². The van der Waals surface area contributed by atoms with E-state index in [1.54, 1.807) is 5.57 Å². The Hall–Kier alpha value is -0.300. The molecule has 1 atom stereocenters. The monoisotopic (exact) mass is 195 g/mol. The molecule has 0 heterocycles. The zero-order chi connectivity index (χ0) is 10.4. The van der Waals surface area contributed by atoms with Gasteiger partial charge in [0.15, 0.2) is 0 Å². The van der Waals surface area contributed by atoms with E-state index in [0.29, 0.717) is 0 Å². The highest BCUT2D eigenvalue weighted by Crippen LogP contribution is 2.31. The van der Waals surface area contributed by atoms with Crippen molar-refractivity contribution in [2.24, 2.45) is 17.6 Å². The van der Waals surface area contributed by atoms with Crippen molar-refractivity contribution in [1.82, 2.24) is 0 Å². The Morgan fingerprint density at radius 1 is 1.36 bits per heavy atom. The van der Waals surface area contributed by atoms with E-state index in [4.69, 9.17) is 5.73 Å². The van der Waals surface area contributed by atoms with Crippen LogP contribution >= 0.6 is 0 Å². The molecule has 0 aromatic carbocycles. The van der Waals surface area contributed by atoms with Gasteiger partial charge in [-0.25, -0.2) is 0 Å². The quantitative estimate of drug-likeness (QED) is 0.541. The minimum atomic E-state index is 0.803. The summed E-state index contributed by atoms with van der Waals surface area (Å²) < 4.78 is 0. The lowest BCUT2D eigenvalue weighted by atomic mass is 9.89. The third kappa shape index (κ3) is 3.83. The van der Waals surface area contributed by atoms with E-state index in [1.807, 2.05) is 0 Å². The minimum absolute atomic E-state index is 0.803. The zero-order valence-electron chi connectivity index (χ0n) is 9.76. The lowest BCUT2D eigenvalue weighted by Gasteiger charge is -2.17. The Labute approximate surface area is 88.8 Å². The zero-order valence-corrected chi connectivity index (χ0v) is 9.76. The predicted molar refractivity (Wildman–Crippen MR) is 63.2 cm³/mol. The van der Waals surface area contributed by atoms with Gasteiger partial charge in [0.25, 0.3) is 0 Å². The van der Waals surface area contributed by atoms with Gasteiger partial charge in [-0.2, -0.15) is 0 Å². The average molecular weight is 195 g/mol. The third-order valence-corrected chi connectivity index (χ3v) is 3.45. The molecule has 2 N–H and O–H groups in total. The van der Waals surface area contributed by atoms with E-state index >= 15 is 0 Å². The molecule has 82 valence electrons. The van der Waals surface area contributed by atoms with Gasteiger partial charge >= 0.3 is 0 Å². The number of hydrogen-bond acceptors (Lipinski definition) is 1. The first-order valence-electron chi connectivity index (χ1n) is 6.12. The lowest BCUT2D eigenvalue weighted by molar-refractivity contribution is 0.344. The van der Waals surface area contributed by atoms with Crippen molar-refractivity contribution in [2.45, 2.75) is 52.4 Å². The second-order valence-electron chi connectivity index (χ2n) is 4.87.